The van der Waals surface area contributed by atoms with Gasteiger partial charge in [-0.25, -0.2) is 0 Å². The molecule has 0 radical (unpaired) electrons. The van der Waals surface area contributed by atoms with Crippen LogP contribution in [-0.2, 0) is 9.59 Å². The Morgan fingerprint density at radius 1 is 1.06 bits per heavy atom. The summed E-state index contributed by atoms with van der Waals surface area (Å²) in [4.78, 5) is 31.3. The zero-order valence-electron chi connectivity index (χ0n) is 21.0. The van der Waals surface area contributed by atoms with Crippen LogP contribution in [0.25, 0.3) is 11.3 Å². The van der Waals surface area contributed by atoms with Crippen LogP contribution in [0, 0.1) is 11.8 Å². The van der Waals surface area contributed by atoms with Crippen LogP contribution in [0.2, 0.25) is 0 Å². The van der Waals surface area contributed by atoms with Gasteiger partial charge in [0.25, 0.3) is 0 Å². The lowest BCUT2D eigenvalue weighted by Gasteiger charge is -2.36. The quantitative estimate of drug-likeness (QED) is 0.563. The second-order valence-electron chi connectivity index (χ2n) is 9.26. The van der Waals surface area contributed by atoms with Gasteiger partial charge in [0.1, 0.15) is 5.75 Å². The predicted molar refractivity (Wildman–Crippen MR) is 134 cm³/mol. The maximum Gasteiger partial charge on any atom is 0.242 e. The number of benzene rings is 1. The van der Waals surface area contributed by atoms with E-state index in [1.54, 1.807) is 12.0 Å². The number of carbonyl (C=O) groups is 2. The van der Waals surface area contributed by atoms with Crippen molar-refractivity contribution in [3.05, 3.63) is 36.4 Å². The van der Waals surface area contributed by atoms with Crippen molar-refractivity contribution in [2.45, 2.75) is 34.1 Å². The molecule has 1 aromatic heterocycles. The number of hydrogen-bond donors (Lipinski definition) is 0. The molecule has 1 fully saturated rings. The Morgan fingerprint density at radius 2 is 1.79 bits per heavy atom. The van der Waals surface area contributed by atoms with E-state index >= 15 is 0 Å². The van der Waals surface area contributed by atoms with Crippen molar-refractivity contribution in [2.75, 3.05) is 51.3 Å². The van der Waals surface area contributed by atoms with Crippen molar-refractivity contribution >= 4 is 17.6 Å². The SMILES string of the molecule is CC[C@H](C)CN(CC(=O)N1CCN(c2ccc(-c3cccc(OC)c3)nn2)CC1)C(=O)C(C)C. The molecule has 1 atom stereocenters. The average Bonchev–Trinajstić information content (AvgIpc) is 2.87. The standard InChI is InChI=1S/C26H37N5O3/c1-6-20(4)17-31(26(33)19(2)3)18-25(32)30-14-12-29(13-15-30)24-11-10-23(27-28-24)21-8-7-9-22(16-21)34-5/h7-11,16,19-20H,6,12-15,17-18H2,1-5H3/t20-/m0/s1. The van der Waals surface area contributed by atoms with Crippen molar-refractivity contribution in [1.29, 1.82) is 0 Å². The van der Waals surface area contributed by atoms with E-state index in [1.165, 1.54) is 0 Å². The number of rotatable bonds is 9. The highest BCUT2D eigenvalue weighted by Crippen LogP contribution is 2.23. The van der Waals surface area contributed by atoms with Crippen LogP contribution >= 0.6 is 0 Å². The molecule has 1 aromatic carbocycles. The lowest BCUT2D eigenvalue weighted by atomic mass is 10.1. The van der Waals surface area contributed by atoms with E-state index in [2.05, 4.69) is 28.9 Å². The summed E-state index contributed by atoms with van der Waals surface area (Å²) in [5, 5.41) is 8.81. The van der Waals surface area contributed by atoms with Crippen molar-refractivity contribution in [3.63, 3.8) is 0 Å². The predicted octanol–water partition coefficient (Wildman–Crippen LogP) is 3.33. The molecule has 2 aromatic rings. The third-order valence-electron chi connectivity index (χ3n) is 6.33. The van der Waals surface area contributed by atoms with Crippen LogP contribution in [0.15, 0.2) is 36.4 Å². The second kappa shape index (κ2) is 11.8. The summed E-state index contributed by atoms with van der Waals surface area (Å²) >= 11 is 0. The van der Waals surface area contributed by atoms with E-state index < -0.39 is 0 Å². The van der Waals surface area contributed by atoms with Crippen LogP contribution in [-0.4, -0.2) is 78.2 Å². The van der Waals surface area contributed by atoms with Crippen molar-refractivity contribution in [1.82, 2.24) is 20.0 Å². The van der Waals surface area contributed by atoms with Gasteiger partial charge in [0.2, 0.25) is 11.8 Å². The first-order chi connectivity index (χ1) is 16.3. The lowest BCUT2D eigenvalue weighted by molar-refractivity contribution is -0.143. The Morgan fingerprint density at radius 3 is 2.38 bits per heavy atom. The Labute approximate surface area is 202 Å². The highest BCUT2D eigenvalue weighted by atomic mass is 16.5. The molecule has 0 spiro atoms. The molecular weight excluding hydrogens is 430 g/mol. The van der Waals surface area contributed by atoms with E-state index in [9.17, 15) is 9.59 Å². The molecule has 2 heterocycles. The molecular formula is C26H37N5O3. The average molecular weight is 468 g/mol. The molecule has 1 saturated heterocycles. The maximum atomic E-state index is 13.0. The zero-order chi connectivity index (χ0) is 24.7. The monoisotopic (exact) mass is 467 g/mol. The molecule has 184 valence electrons. The van der Waals surface area contributed by atoms with E-state index in [-0.39, 0.29) is 24.3 Å². The lowest BCUT2D eigenvalue weighted by Crippen LogP contribution is -2.52. The summed E-state index contributed by atoms with van der Waals surface area (Å²) < 4.78 is 5.29. The van der Waals surface area contributed by atoms with Gasteiger partial charge in [0.15, 0.2) is 5.82 Å². The summed E-state index contributed by atoms with van der Waals surface area (Å²) in [5.41, 5.74) is 1.74. The topological polar surface area (TPSA) is 78.9 Å². The molecule has 34 heavy (non-hydrogen) atoms. The molecule has 0 bridgehead atoms. The van der Waals surface area contributed by atoms with E-state index in [1.807, 2.05) is 55.1 Å². The number of nitrogens with zero attached hydrogens (tertiary/aromatic N) is 5. The smallest absolute Gasteiger partial charge is 0.242 e. The van der Waals surface area contributed by atoms with Gasteiger partial charge in [-0.1, -0.05) is 46.2 Å². The fourth-order valence-electron chi connectivity index (χ4n) is 3.98. The number of anilines is 1. The molecule has 2 amide bonds. The third kappa shape index (κ3) is 6.46. The molecule has 1 aliphatic rings. The van der Waals surface area contributed by atoms with Crippen LogP contribution in [0.4, 0.5) is 5.82 Å². The number of aromatic nitrogens is 2. The zero-order valence-corrected chi connectivity index (χ0v) is 21.0. The number of carbonyl (C=O) groups excluding carboxylic acids is 2. The summed E-state index contributed by atoms with van der Waals surface area (Å²) in [7, 11) is 1.64. The molecule has 0 saturated carbocycles. The van der Waals surface area contributed by atoms with Gasteiger partial charge in [-0.15, -0.1) is 10.2 Å². The summed E-state index contributed by atoms with van der Waals surface area (Å²) in [6.07, 6.45) is 0.979. The van der Waals surface area contributed by atoms with E-state index in [0.717, 1.165) is 29.2 Å². The van der Waals surface area contributed by atoms with E-state index in [4.69, 9.17) is 4.74 Å². The number of piperazine rings is 1. The number of hydrogen-bond acceptors (Lipinski definition) is 6. The maximum absolute atomic E-state index is 13.0. The first-order valence-corrected chi connectivity index (χ1v) is 12.1. The molecule has 0 aliphatic carbocycles. The van der Waals surface area contributed by atoms with Gasteiger partial charge in [0, 0.05) is 44.2 Å². The Kier molecular flexibility index (Phi) is 8.85. The van der Waals surface area contributed by atoms with Crippen LogP contribution < -0.4 is 9.64 Å². The Hall–Kier alpha value is -3.16. The molecule has 8 nitrogen and oxygen atoms in total. The number of ether oxygens (including phenoxy) is 1. The first kappa shape index (κ1) is 25.5. The van der Waals surface area contributed by atoms with Crippen LogP contribution in [0.1, 0.15) is 34.1 Å². The minimum Gasteiger partial charge on any atom is -0.497 e. The minimum absolute atomic E-state index is 0.0106. The fourth-order valence-corrected chi connectivity index (χ4v) is 3.98. The normalized spacial score (nSPS) is 14.8. The van der Waals surface area contributed by atoms with Crippen LogP contribution in [0.3, 0.4) is 0 Å². The third-order valence-corrected chi connectivity index (χ3v) is 6.33. The molecule has 0 unspecified atom stereocenters. The highest BCUT2D eigenvalue weighted by molar-refractivity contribution is 5.85. The fraction of sp³-hybridized carbons (Fsp3) is 0.538. The summed E-state index contributed by atoms with van der Waals surface area (Å²) in [5.74, 6) is 1.88. The number of amides is 2. The second-order valence-corrected chi connectivity index (χ2v) is 9.26. The van der Waals surface area contributed by atoms with Crippen molar-refractivity contribution < 1.29 is 14.3 Å². The van der Waals surface area contributed by atoms with Gasteiger partial charge in [0.05, 0.1) is 19.3 Å². The molecule has 1 aliphatic heterocycles. The van der Waals surface area contributed by atoms with Gasteiger partial charge in [-0.3, -0.25) is 9.59 Å². The molecule has 8 heteroatoms. The van der Waals surface area contributed by atoms with Crippen molar-refractivity contribution in [2.24, 2.45) is 11.8 Å². The van der Waals surface area contributed by atoms with Gasteiger partial charge < -0.3 is 19.4 Å². The molecule has 0 N–H and O–H groups in total. The van der Waals surface area contributed by atoms with Gasteiger partial charge in [-0.05, 0) is 30.2 Å². The summed E-state index contributed by atoms with van der Waals surface area (Å²) in [6.45, 7) is 11.3. The molecule has 3 rings (SSSR count). The largest absolute Gasteiger partial charge is 0.497 e. The Balaban J connectivity index is 1.57. The highest BCUT2D eigenvalue weighted by Gasteiger charge is 2.27. The summed E-state index contributed by atoms with van der Waals surface area (Å²) in [6, 6.07) is 11.7. The first-order valence-electron chi connectivity index (χ1n) is 12.1. The van der Waals surface area contributed by atoms with Gasteiger partial charge >= 0.3 is 0 Å². The van der Waals surface area contributed by atoms with Gasteiger partial charge in [-0.2, -0.15) is 0 Å². The van der Waals surface area contributed by atoms with E-state index in [0.29, 0.717) is 38.6 Å². The number of methoxy groups -OCH3 is 1. The van der Waals surface area contributed by atoms with Crippen LogP contribution in [0.5, 0.6) is 5.75 Å². The minimum atomic E-state index is -0.118. The van der Waals surface area contributed by atoms with Crippen molar-refractivity contribution in [3.8, 4) is 17.0 Å². The Bertz CT molecular complexity index is 955.